The number of amides is 1. The van der Waals surface area contributed by atoms with Gasteiger partial charge in [0.05, 0.1) is 6.54 Å². The lowest BCUT2D eigenvalue weighted by molar-refractivity contribution is -0.130. The number of likely N-dealkylation sites (N-methyl/N-ethyl adjacent to an activating group) is 1. The lowest BCUT2D eigenvalue weighted by atomic mass is 9.70. The standard InChI is InChI=1S/C22H42N2O/c1-9-12-15-22(6,14-10-2)18-13-16-24(19(25)17-23(7)8)20(18)21(4,5)11-3/h9-17H2,1-8H3. The number of allylic oxidation sites excluding steroid dienone is 1. The van der Waals surface area contributed by atoms with Crippen LogP contribution >= 0.6 is 0 Å². The SMILES string of the molecule is CCCCC(C)(CCC)C1=C(C(C)(C)CC)N(C(=O)CN(C)C)CC1. The number of hydrogen-bond acceptors (Lipinski definition) is 2. The Morgan fingerprint density at radius 1 is 1.08 bits per heavy atom. The Labute approximate surface area is 156 Å². The summed E-state index contributed by atoms with van der Waals surface area (Å²) in [6.07, 6.45) is 8.29. The van der Waals surface area contributed by atoms with E-state index in [1.54, 1.807) is 5.57 Å². The topological polar surface area (TPSA) is 23.6 Å². The summed E-state index contributed by atoms with van der Waals surface area (Å²) in [5, 5.41) is 0. The van der Waals surface area contributed by atoms with Crippen LogP contribution in [0.2, 0.25) is 0 Å². The maximum absolute atomic E-state index is 12.9. The van der Waals surface area contributed by atoms with E-state index in [2.05, 4.69) is 46.4 Å². The van der Waals surface area contributed by atoms with E-state index in [1.165, 1.54) is 37.8 Å². The van der Waals surface area contributed by atoms with E-state index in [-0.39, 0.29) is 16.7 Å². The molecule has 1 amide bonds. The van der Waals surface area contributed by atoms with Gasteiger partial charge in [-0.05, 0) is 50.8 Å². The molecule has 1 heterocycles. The van der Waals surface area contributed by atoms with Gasteiger partial charge in [-0.25, -0.2) is 0 Å². The van der Waals surface area contributed by atoms with Crippen molar-refractivity contribution in [3.8, 4) is 0 Å². The van der Waals surface area contributed by atoms with Gasteiger partial charge in [0.2, 0.25) is 5.91 Å². The zero-order chi connectivity index (χ0) is 19.3. The predicted molar refractivity (Wildman–Crippen MR) is 109 cm³/mol. The minimum atomic E-state index is 0.0506. The third kappa shape index (κ3) is 5.32. The molecule has 0 saturated carbocycles. The Morgan fingerprint density at radius 2 is 1.72 bits per heavy atom. The maximum Gasteiger partial charge on any atom is 0.240 e. The van der Waals surface area contributed by atoms with Crippen molar-refractivity contribution >= 4 is 5.91 Å². The summed E-state index contributed by atoms with van der Waals surface area (Å²) < 4.78 is 0. The van der Waals surface area contributed by atoms with Crippen LogP contribution in [0.4, 0.5) is 0 Å². The molecule has 0 aromatic rings. The van der Waals surface area contributed by atoms with Crippen molar-refractivity contribution in [3.63, 3.8) is 0 Å². The number of hydrogen-bond donors (Lipinski definition) is 0. The van der Waals surface area contributed by atoms with Gasteiger partial charge < -0.3 is 9.80 Å². The highest BCUT2D eigenvalue weighted by Crippen LogP contribution is 2.49. The van der Waals surface area contributed by atoms with Gasteiger partial charge in [-0.1, -0.05) is 60.8 Å². The van der Waals surface area contributed by atoms with Crippen molar-refractivity contribution in [2.75, 3.05) is 27.2 Å². The molecule has 3 heteroatoms. The predicted octanol–water partition coefficient (Wildman–Crippen LogP) is 5.47. The van der Waals surface area contributed by atoms with Gasteiger partial charge in [-0.15, -0.1) is 0 Å². The molecule has 1 atom stereocenters. The van der Waals surface area contributed by atoms with Crippen LogP contribution < -0.4 is 0 Å². The number of carbonyl (C=O) groups is 1. The summed E-state index contributed by atoms with van der Waals surface area (Å²) >= 11 is 0. The fourth-order valence-corrected chi connectivity index (χ4v) is 4.30. The summed E-state index contributed by atoms with van der Waals surface area (Å²) in [7, 11) is 3.96. The second-order valence-corrected chi connectivity index (χ2v) is 9.01. The summed E-state index contributed by atoms with van der Waals surface area (Å²) in [4.78, 5) is 17.0. The quantitative estimate of drug-likeness (QED) is 0.522. The molecule has 0 N–H and O–H groups in total. The molecular formula is C22H42N2O. The summed E-state index contributed by atoms with van der Waals surface area (Å²) in [5.41, 5.74) is 3.20. The number of unbranched alkanes of at least 4 members (excludes halogenated alkanes) is 1. The smallest absolute Gasteiger partial charge is 0.240 e. The third-order valence-electron chi connectivity index (χ3n) is 6.03. The zero-order valence-corrected chi connectivity index (χ0v) is 18.2. The largest absolute Gasteiger partial charge is 0.314 e. The molecule has 1 rings (SSSR count). The first kappa shape index (κ1) is 22.2. The van der Waals surface area contributed by atoms with Crippen LogP contribution in [0.15, 0.2) is 11.3 Å². The molecule has 0 aromatic carbocycles. The highest BCUT2D eigenvalue weighted by atomic mass is 16.2. The van der Waals surface area contributed by atoms with E-state index in [0.717, 1.165) is 19.4 Å². The second-order valence-electron chi connectivity index (χ2n) is 9.01. The van der Waals surface area contributed by atoms with Gasteiger partial charge in [0.15, 0.2) is 0 Å². The molecule has 0 saturated heterocycles. The molecule has 0 fully saturated rings. The molecule has 3 nitrogen and oxygen atoms in total. The van der Waals surface area contributed by atoms with Gasteiger partial charge in [0, 0.05) is 17.7 Å². The first-order chi connectivity index (χ1) is 11.6. The number of carbonyl (C=O) groups excluding carboxylic acids is 1. The number of nitrogens with zero attached hydrogens (tertiary/aromatic N) is 2. The van der Waals surface area contributed by atoms with Crippen LogP contribution in [0.3, 0.4) is 0 Å². The lowest BCUT2D eigenvalue weighted by Crippen LogP contribution is -2.39. The average molecular weight is 351 g/mol. The minimum Gasteiger partial charge on any atom is -0.314 e. The monoisotopic (exact) mass is 350 g/mol. The molecule has 1 unspecified atom stereocenters. The molecule has 0 radical (unpaired) electrons. The van der Waals surface area contributed by atoms with E-state index in [1.807, 2.05) is 19.0 Å². The minimum absolute atomic E-state index is 0.0506. The van der Waals surface area contributed by atoms with Crippen LogP contribution in [-0.2, 0) is 4.79 Å². The molecule has 0 bridgehead atoms. The average Bonchev–Trinajstić information content (AvgIpc) is 2.99. The van der Waals surface area contributed by atoms with Gasteiger partial charge in [0.1, 0.15) is 0 Å². The van der Waals surface area contributed by atoms with E-state index in [0.29, 0.717) is 6.54 Å². The van der Waals surface area contributed by atoms with Crippen molar-refractivity contribution in [1.29, 1.82) is 0 Å². The van der Waals surface area contributed by atoms with Crippen LogP contribution in [-0.4, -0.2) is 42.9 Å². The molecule has 25 heavy (non-hydrogen) atoms. The van der Waals surface area contributed by atoms with Gasteiger partial charge in [0.25, 0.3) is 0 Å². The fourth-order valence-electron chi connectivity index (χ4n) is 4.30. The lowest BCUT2D eigenvalue weighted by Gasteiger charge is -2.38. The first-order valence-electron chi connectivity index (χ1n) is 10.3. The molecule has 0 aromatic heterocycles. The summed E-state index contributed by atoms with van der Waals surface area (Å²) in [6, 6.07) is 0. The van der Waals surface area contributed by atoms with Crippen molar-refractivity contribution < 1.29 is 4.79 Å². The maximum atomic E-state index is 12.9. The molecule has 0 aliphatic carbocycles. The molecule has 0 spiro atoms. The van der Waals surface area contributed by atoms with Crippen molar-refractivity contribution in [2.24, 2.45) is 10.8 Å². The van der Waals surface area contributed by atoms with E-state index in [9.17, 15) is 4.79 Å². The highest BCUT2D eigenvalue weighted by molar-refractivity contribution is 5.81. The van der Waals surface area contributed by atoms with Crippen molar-refractivity contribution in [2.45, 2.75) is 86.5 Å². The van der Waals surface area contributed by atoms with E-state index >= 15 is 0 Å². The zero-order valence-electron chi connectivity index (χ0n) is 18.2. The van der Waals surface area contributed by atoms with Crippen molar-refractivity contribution in [3.05, 3.63) is 11.3 Å². The summed E-state index contributed by atoms with van der Waals surface area (Å²) in [6.45, 7) is 15.3. The van der Waals surface area contributed by atoms with Gasteiger partial charge in [-0.2, -0.15) is 0 Å². The third-order valence-corrected chi connectivity index (χ3v) is 6.03. The van der Waals surface area contributed by atoms with Gasteiger partial charge in [-0.3, -0.25) is 4.79 Å². The molecule has 1 aliphatic heterocycles. The van der Waals surface area contributed by atoms with E-state index < -0.39 is 0 Å². The van der Waals surface area contributed by atoms with Crippen LogP contribution in [0.5, 0.6) is 0 Å². The Balaban J connectivity index is 3.36. The first-order valence-corrected chi connectivity index (χ1v) is 10.3. The molecular weight excluding hydrogens is 308 g/mol. The Morgan fingerprint density at radius 3 is 2.20 bits per heavy atom. The molecule has 146 valence electrons. The second kappa shape index (κ2) is 9.21. The van der Waals surface area contributed by atoms with Crippen LogP contribution in [0, 0.1) is 10.8 Å². The fraction of sp³-hybridized carbons (Fsp3) is 0.864. The van der Waals surface area contributed by atoms with Crippen LogP contribution in [0.25, 0.3) is 0 Å². The van der Waals surface area contributed by atoms with Crippen molar-refractivity contribution in [1.82, 2.24) is 9.80 Å². The van der Waals surface area contributed by atoms with E-state index in [4.69, 9.17) is 0 Å². The Hall–Kier alpha value is -0.830. The normalized spacial score (nSPS) is 18.2. The van der Waals surface area contributed by atoms with Crippen LogP contribution in [0.1, 0.15) is 86.5 Å². The molecule has 1 aliphatic rings. The summed E-state index contributed by atoms with van der Waals surface area (Å²) in [5.74, 6) is 0.255. The number of rotatable bonds is 10. The Bertz CT molecular complexity index is 478. The Kier molecular flexibility index (Phi) is 8.18. The highest BCUT2D eigenvalue weighted by Gasteiger charge is 2.42. The van der Waals surface area contributed by atoms with Gasteiger partial charge >= 0.3 is 0 Å².